The maximum atomic E-state index is 13.7. The maximum absolute atomic E-state index is 13.7. The molecule has 0 unspecified atom stereocenters. The number of para-hydroxylation sites is 1. The number of rotatable bonds is 1. The largest absolute Gasteiger partial charge is 0.424 e. The van der Waals surface area contributed by atoms with Crippen LogP contribution in [0.15, 0.2) is 46.9 Å². The zero-order chi connectivity index (χ0) is 11.8. The van der Waals surface area contributed by atoms with Gasteiger partial charge in [0, 0.05) is 11.1 Å². The van der Waals surface area contributed by atoms with Crippen molar-refractivity contribution in [2.24, 2.45) is 0 Å². The van der Waals surface area contributed by atoms with Gasteiger partial charge >= 0.3 is 0 Å². The van der Waals surface area contributed by atoms with Crippen molar-refractivity contribution in [3.8, 4) is 11.1 Å². The highest BCUT2D eigenvalue weighted by atomic mass is 19.1. The lowest BCUT2D eigenvalue weighted by Crippen LogP contribution is -1.86. The van der Waals surface area contributed by atoms with Crippen molar-refractivity contribution in [1.29, 1.82) is 0 Å². The summed E-state index contributed by atoms with van der Waals surface area (Å²) in [5, 5.41) is 0. The Kier molecular flexibility index (Phi) is 2.08. The Balaban J connectivity index is 2.34. The first-order valence-corrected chi connectivity index (χ1v) is 5.15. The Morgan fingerprint density at radius 1 is 1.00 bits per heavy atom. The van der Waals surface area contributed by atoms with Crippen LogP contribution in [0.3, 0.4) is 0 Å². The summed E-state index contributed by atoms with van der Waals surface area (Å²) in [6.07, 6.45) is 0. The van der Waals surface area contributed by atoms with Gasteiger partial charge in [-0.15, -0.1) is 0 Å². The third-order valence-corrected chi connectivity index (χ3v) is 2.60. The van der Waals surface area contributed by atoms with Gasteiger partial charge < -0.3 is 10.2 Å². The number of oxazole rings is 1. The van der Waals surface area contributed by atoms with Gasteiger partial charge in [-0.05, 0) is 12.1 Å². The predicted molar refractivity (Wildman–Crippen MR) is 63.8 cm³/mol. The van der Waals surface area contributed by atoms with E-state index in [9.17, 15) is 4.39 Å². The molecule has 0 radical (unpaired) electrons. The quantitative estimate of drug-likeness (QED) is 0.695. The fourth-order valence-electron chi connectivity index (χ4n) is 1.86. The third-order valence-electron chi connectivity index (χ3n) is 2.60. The summed E-state index contributed by atoms with van der Waals surface area (Å²) >= 11 is 0. The number of halogens is 1. The Labute approximate surface area is 96.7 Å². The number of hydrogen-bond donors (Lipinski definition) is 1. The van der Waals surface area contributed by atoms with Gasteiger partial charge in [0.05, 0.1) is 0 Å². The smallest absolute Gasteiger partial charge is 0.293 e. The van der Waals surface area contributed by atoms with Gasteiger partial charge in [-0.3, -0.25) is 0 Å². The van der Waals surface area contributed by atoms with Gasteiger partial charge in [0.1, 0.15) is 11.3 Å². The number of nitrogens with zero attached hydrogens (tertiary/aromatic N) is 1. The number of benzene rings is 2. The molecule has 0 aliphatic rings. The van der Waals surface area contributed by atoms with Gasteiger partial charge in [-0.1, -0.05) is 30.3 Å². The van der Waals surface area contributed by atoms with Crippen molar-refractivity contribution in [1.82, 2.24) is 4.98 Å². The van der Waals surface area contributed by atoms with Gasteiger partial charge in [-0.25, -0.2) is 4.39 Å². The van der Waals surface area contributed by atoms with Crippen LogP contribution in [0.1, 0.15) is 0 Å². The standard InChI is InChI=1S/C13H9FN2O/c14-10-6-2-1-4-8(10)9-5-3-7-11-12(9)16-13(15)17-11/h1-7H,(H2,15,16). The van der Waals surface area contributed by atoms with Gasteiger partial charge in [0.25, 0.3) is 6.01 Å². The Morgan fingerprint density at radius 3 is 2.59 bits per heavy atom. The van der Waals surface area contributed by atoms with Crippen LogP contribution in [0.2, 0.25) is 0 Å². The first-order chi connectivity index (χ1) is 8.25. The number of hydrogen-bond acceptors (Lipinski definition) is 3. The van der Waals surface area contributed by atoms with Crippen LogP contribution >= 0.6 is 0 Å². The van der Waals surface area contributed by atoms with Gasteiger partial charge in [-0.2, -0.15) is 4.98 Å². The molecule has 0 amide bonds. The summed E-state index contributed by atoms with van der Waals surface area (Å²) in [7, 11) is 0. The van der Waals surface area contributed by atoms with E-state index >= 15 is 0 Å². The fraction of sp³-hybridized carbons (Fsp3) is 0. The van der Waals surface area contributed by atoms with Crippen molar-refractivity contribution in [2.75, 3.05) is 5.73 Å². The van der Waals surface area contributed by atoms with Crippen molar-refractivity contribution < 1.29 is 8.81 Å². The molecule has 0 aliphatic carbocycles. The number of nitrogens with two attached hydrogens (primary N) is 1. The maximum Gasteiger partial charge on any atom is 0.293 e. The lowest BCUT2D eigenvalue weighted by Gasteiger charge is -2.02. The van der Waals surface area contributed by atoms with E-state index < -0.39 is 0 Å². The average Bonchev–Trinajstić information content (AvgIpc) is 2.70. The van der Waals surface area contributed by atoms with Crippen LogP contribution in [0.5, 0.6) is 0 Å². The van der Waals surface area contributed by atoms with Crippen LogP contribution in [-0.2, 0) is 0 Å². The molecule has 0 saturated carbocycles. The number of anilines is 1. The molecule has 0 spiro atoms. The molecule has 0 atom stereocenters. The first kappa shape index (κ1) is 9.84. The summed E-state index contributed by atoms with van der Waals surface area (Å²) < 4.78 is 18.9. The molecule has 1 aromatic heterocycles. The van der Waals surface area contributed by atoms with E-state index in [2.05, 4.69) is 4.98 Å². The highest BCUT2D eigenvalue weighted by molar-refractivity contribution is 5.91. The molecule has 0 saturated heterocycles. The molecule has 17 heavy (non-hydrogen) atoms. The van der Waals surface area contributed by atoms with E-state index in [4.69, 9.17) is 10.2 Å². The highest BCUT2D eigenvalue weighted by Crippen LogP contribution is 2.30. The third kappa shape index (κ3) is 1.54. The molecular formula is C13H9FN2O. The second-order valence-corrected chi connectivity index (χ2v) is 3.68. The Hall–Kier alpha value is -2.36. The monoisotopic (exact) mass is 228 g/mol. The molecule has 3 rings (SSSR count). The normalized spacial score (nSPS) is 10.9. The van der Waals surface area contributed by atoms with Crippen molar-refractivity contribution in [2.45, 2.75) is 0 Å². The molecule has 0 aliphatic heterocycles. The van der Waals surface area contributed by atoms with E-state index in [0.29, 0.717) is 22.2 Å². The second kappa shape index (κ2) is 3.59. The average molecular weight is 228 g/mol. The predicted octanol–water partition coefficient (Wildman–Crippen LogP) is 3.22. The topological polar surface area (TPSA) is 52.0 Å². The minimum Gasteiger partial charge on any atom is -0.424 e. The van der Waals surface area contributed by atoms with Crippen LogP contribution < -0.4 is 5.73 Å². The summed E-state index contributed by atoms with van der Waals surface area (Å²) in [5.74, 6) is -0.290. The van der Waals surface area contributed by atoms with Crippen molar-refractivity contribution in [3.63, 3.8) is 0 Å². The van der Waals surface area contributed by atoms with Crippen LogP contribution in [0, 0.1) is 5.82 Å². The molecule has 3 nitrogen and oxygen atoms in total. The van der Waals surface area contributed by atoms with E-state index in [-0.39, 0.29) is 11.8 Å². The van der Waals surface area contributed by atoms with Gasteiger partial charge in [0.15, 0.2) is 5.58 Å². The summed E-state index contributed by atoms with van der Waals surface area (Å²) in [6, 6.07) is 12.0. The minimum atomic E-state index is -0.290. The Bertz CT molecular complexity index is 691. The molecule has 2 N–H and O–H groups in total. The molecule has 2 aromatic carbocycles. The molecule has 1 heterocycles. The molecule has 0 fully saturated rings. The first-order valence-electron chi connectivity index (χ1n) is 5.15. The summed E-state index contributed by atoms with van der Waals surface area (Å²) in [6.45, 7) is 0. The summed E-state index contributed by atoms with van der Waals surface area (Å²) in [5.41, 5.74) is 7.81. The fourth-order valence-corrected chi connectivity index (χ4v) is 1.86. The van der Waals surface area contributed by atoms with Gasteiger partial charge in [0.2, 0.25) is 0 Å². The number of fused-ring (bicyclic) bond motifs is 1. The summed E-state index contributed by atoms with van der Waals surface area (Å²) in [4.78, 5) is 4.08. The van der Waals surface area contributed by atoms with E-state index in [1.54, 1.807) is 36.4 Å². The SMILES string of the molecule is Nc1nc2c(-c3ccccc3F)cccc2o1. The van der Waals surface area contributed by atoms with Crippen LogP contribution in [-0.4, -0.2) is 4.98 Å². The van der Waals surface area contributed by atoms with E-state index in [0.717, 1.165) is 0 Å². The zero-order valence-electron chi connectivity index (χ0n) is 8.85. The Morgan fingerprint density at radius 2 is 1.76 bits per heavy atom. The molecule has 84 valence electrons. The second-order valence-electron chi connectivity index (χ2n) is 3.68. The molecule has 0 bridgehead atoms. The minimum absolute atomic E-state index is 0.0868. The highest BCUT2D eigenvalue weighted by Gasteiger charge is 2.12. The van der Waals surface area contributed by atoms with Crippen LogP contribution in [0.25, 0.3) is 22.2 Å². The number of aromatic nitrogens is 1. The molecule has 3 aromatic rings. The molecule has 4 heteroatoms. The zero-order valence-corrected chi connectivity index (χ0v) is 8.85. The number of nitrogen functional groups attached to an aromatic ring is 1. The van der Waals surface area contributed by atoms with E-state index in [1.807, 2.05) is 0 Å². The van der Waals surface area contributed by atoms with Crippen LogP contribution in [0.4, 0.5) is 10.4 Å². The van der Waals surface area contributed by atoms with E-state index in [1.165, 1.54) is 6.07 Å². The lowest BCUT2D eigenvalue weighted by molar-refractivity contribution is 0.626. The molecular weight excluding hydrogens is 219 g/mol. The van der Waals surface area contributed by atoms with Crippen molar-refractivity contribution >= 4 is 17.1 Å². The lowest BCUT2D eigenvalue weighted by atomic mass is 10.0. The van der Waals surface area contributed by atoms with Crippen molar-refractivity contribution in [3.05, 3.63) is 48.3 Å².